The summed E-state index contributed by atoms with van der Waals surface area (Å²) in [5.41, 5.74) is -0.574. The Labute approximate surface area is 306 Å². The van der Waals surface area contributed by atoms with Gasteiger partial charge in [0.2, 0.25) is 21.8 Å². The van der Waals surface area contributed by atoms with Gasteiger partial charge < -0.3 is 39.4 Å². The third-order valence-electron chi connectivity index (χ3n) is 9.45. The van der Waals surface area contributed by atoms with Crippen molar-refractivity contribution in [2.75, 3.05) is 45.9 Å². The maximum atomic E-state index is 13.5. The van der Waals surface area contributed by atoms with Crippen LogP contribution in [0, 0.1) is 31.6 Å². The summed E-state index contributed by atoms with van der Waals surface area (Å²) >= 11 is 0. The van der Waals surface area contributed by atoms with Gasteiger partial charge >= 0.3 is 18.2 Å². The van der Waals surface area contributed by atoms with Crippen molar-refractivity contribution in [3.8, 4) is 0 Å². The molecule has 2 fully saturated rings. The van der Waals surface area contributed by atoms with Crippen molar-refractivity contribution < 1.29 is 51.4 Å². The van der Waals surface area contributed by atoms with E-state index in [1.54, 1.807) is 18.7 Å². The lowest BCUT2D eigenvalue weighted by molar-refractivity contribution is -0.145. The molecule has 3 heterocycles. The van der Waals surface area contributed by atoms with Gasteiger partial charge in [-0.3, -0.25) is 14.4 Å². The zero-order chi connectivity index (χ0) is 38.6. The van der Waals surface area contributed by atoms with E-state index in [0.717, 1.165) is 38.5 Å². The summed E-state index contributed by atoms with van der Waals surface area (Å²) in [6.07, 6.45) is 4.41. The smallest absolute Gasteiger partial charge is 0.410 e. The number of rotatable bonds is 16. The fourth-order valence-corrected chi connectivity index (χ4v) is 7.98. The van der Waals surface area contributed by atoms with Gasteiger partial charge in [0.05, 0.1) is 13.2 Å². The van der Waals surface area contributed by atoms with E-state index in [1.807, 2.05) is 20.8 Å². The minimum absolute atomic E-state index is 0.00613. The number of furan rings is 1. The van der Waals surface area contributed by atoms with Crippen molar-refractivity contribution >= 4 is 40.0 Å². The highest BCUT2D eigenvalue weighted by atomic mass is 32.2. The van der Waals surface area contributed by atoms with Gasteiger partial charge in [-0.2, -0.15) is 4.72 Å². The number of hydrogen-bond acceptors (Lipinski definition) is 10. The van der Waals surface area contributed by atoms with Crippen LogP contribution in [-0.4, -0.2) is 111 Å². The predicted molar refractivity (Wildman–Crippen MR) is 190 cm³/mol. The fourth-order valence-electron chi connectivity index (χ4n) is 6.56. The molecular weight excluding hydrogens is 698 g/mol. The summed E-state index contributed by atoms with van der Waals surface area (Å²) in [4.78, 5) is 65.8. The van der Waals surface area contributed by atoms with Gasteiger partial charge in [0.1, 0.15) is 28.1 Å². The fraction of sp³-hybridized carbons (Fsp3) is 0.743. The van der Waals surface area contributed by atoms with Crippen LogP contribution < -0.4 is 15.4 Å². The van der Waals surface area contributed by atoms with Crippen molar-refractivity contribution in [3.05, 3.63) is 17.6 Å². The lowest BCUT2D eigenvalue weighted by atomic mass is 9.84. The zero-order valence-corrected chi connectivity index (χ0v) is 32.1. The first kappa shape index (κ1) is 42.6. The Morgan fingerprint density at radius 2 is 1.50 bits per heavy atom. The number of aryl methyl sites for hydroxylation is 2. The molecular formula is C35H57N5O11S. The van der Waals surface area contributed by atoms with Crippen LogP contribution in [0.4, 0.5) is 9.59 Å². The average molecular weight is 756 g/mol. The lowest BCUT2D eigenvalue weighted by Gasteiger charge is -2.34. The van der Waals surface area contributed by atoms with Crippen molar-refractivity contribution in [1.82, 2.24) is 25.2 Å². The first-order valence-electron chi connectivity index (χ1n) is 18.1. The number of carbonyl (C=O) groups is 5. The van der Waals surface area contributed by atoms with Crippen molar-refractivity contribution in [2.24, 2.45) is 17.8 Å². The first-order chi connectivity index (χ1) is 24.4. The lowest BCUT2D eigenvalue weighted by Crippen LogP contribution is -2.50. The highest BCUT2D eigenvalue weighted by molar-refractivity contribution is 7.89. The summed E-state index contributed by atoms with van der Waals surface area (Å²) < 4.78 is 44.2. The SMILES string of the molecule is CCOC(=O)[C@H](CNC(=O)CNC(=O)C(CCC1CCN(C(=O)O)CC1)CCC1CCN(C(=O)OC(C)(C)C)CC1)NS(=O)(=O)c1cc(C)oc1C. The molecule has 0 spiro atoms. The topological polar surface area (TPSA) is 214 Å². The van der Waals surface area contributed by atoms with Crippen molar-refractivity contribution in [1.29, 1.82) is 0 Å². The Hall–Kier alpha value is -3.86. The maximum Gasteiger partial charge on any atom is 0.410 e. The molecule has 2 saturated heterocycles. The van der Waals surface area contributed by atoms with E-state index >= 15 is 0 Å². The quantitative estimate of drug-likeness (QED) is 0.179. The molecule has 294 valence electrons. The molecule has 0 saturated carbocycles. The first-order valence-corrected chi connectivity index (χ1v) is 19.6. The van der Waals surface area contributed by atoms with E-state index in [1.165, 1.54) is 17.9 Å². The number of esters is 1. The number of carbonyl (C=O) groups excluding carboxylic acids is 4. The Kier molecular flexibility index (Phi) is 15.8. The number of piperidine rings is 2. The van der Waals surface area contributed by atoms with Crippen LogP contribution >= 0.6 is 0 Å². The van der Waals surface area contributed by atoms with Gasteiger partial charge in [0, 0.05) is 38.6 Å². The molecule has 2 aliphatic heterocycles. The molecule has 2 atom stereocenters. The number of nitrogens with one attached hydrogen (secondary N) is 3. The molecule has 1 unspecified atom stereocenters. The molecule has 16 nitrogen and oxygen atoms in total. The molecule has 2 aliphatic rings. The van der Waals surface area contributed by atoms with Gasteiger partial charge in [0.15, 0.2) is 0 Å². The Balaban J connectivity index is 1.57. The summed E-state index contributed by atoms with van der Waals surface area (Å²) in [6, 6.07) is -0.0997. The maximum absolute atomic E-state index is 13.5. The van der Waals surface area contributed by atoms with E-state index in [0.29, 0.717) is 50.7 Å². The number of likely N-dealkylation sites (tertiary alicyclic amines) is 2. The standard InChI is InChI=1S/C35H57N5O11S/c1-7-49-32(43)28(38-52(47,48)29-20-23(2)50-24(29)3)21-36-30(41)22-37-31(42)27(10-8-25-12-16-39(17-13-25)33(44)45)11-9-26-14-18-40(19-15-26)34(46)51-35(4,5)6/h20,25-28,38H,7-19,21-22H2,1-6H3,(H,36,41)(H,37,42)(H,44,45)/t27?,28-/m0/s1. The zero-order valence-electron chi connectivity index (χ0n) is 31.3. The van der Waals surface area contributed by atoms with Crippen LogP contribution in [0.3, 0.4) is 0 Å². The molecule has 0 aliphatic carbocycles. The number of sulfonamides is 1. The molecule has 3 rings (SSSR count). The second kappa shape index (κ2) is 19.3. The summed E-state index contributed by atoms with van der Waals surface area (Å²) in [5, 5.41) is 14.5. The van der Waals surface area contributed by atoms with E-state index in [9.17, 15) is 37.5 Å². The monoisotopic (exact) mass is 755 g/mol. The van der Waals surface area contributed by atoms with Crippen molar-refractivity contribution in [3.63, 3.8) is 0 Å². The minimum Gasteiger partial charge on any atom is -0.465 e. The van der Waals surface area contributed by atoms with Crippen molar-refractivity contribution in [2.45, 2.75) is 109 Å². The van der Waals surface area contributed by atoms with Gasteiger partial charge in [-0.05, 0) is 111 Å². The Morgan fingerprint density at radius 3 is 1.98 bits per heavy atom. The van der Waals surface area contributed by atoms with E-state index < -0.39 is 52.1 Å². The number of hydrogen-bond donors (Lipinski definition) is 4. The predicted octanol–water partition coefficient (Wildman–Crippen LogP) is 3.55. The number of ether oxygens (including phenoxy) is 2. The highest BCUT2D eigenvalue weighted by Crippen LogP contribution is 2.29. The third-order valence-corrected chi connectivity index (χ3v) is 11.0. The Bertz CT molecular complexity index is 1490. The molecule has 4 amide bonds. The number of nitrogens with zero attached hydrogens (tertiary/aromatic N) is 2. The van der Waals surface area contributed by atoms with Gasteiger partial charge in [-0.15, -0.1) is 0 Å². The molecule has 0 radical (unpaired) electrons. The molecule has 4 N–H and O–H groups in total. The molecule has 17 heteroatoms. The third kappa shape index (κ3) is 13.6. The normalized spacial score (nSPS) is 17.3. The molecule has 0 aromatic carbocycles. The van der Waals surface area contributed by atoms with Gasteiger partial charge in [-0.1, -0.05) is 0 Å². The second-order valence-electron chi connectivity index (χ2n) is 14.7. The van der Waals surface area contributed by atoms with E-state index in [4.69, 9.17) is 13.9 Å². The summed E-state index contributed by atoms with van der Waals surface area (Å²) in [6.45, 7) is 11.4. The van der Waals surface area contributed by atoms with Crippen LogP contribution in [0.25, 0.3) is 0 Å². The molecule has 1 aromatic heterocycles. The van der Waals surface area contributed by atoms with Crippen LogP contribution in [-0.2, 0) is 33.9 Å². The minimum atomic E-state index is -4.19. The molecule has 52 heavy (non-hydrogen) atoms. The Morgan fingerprint density at radius 1 is 0.942 bits per heavy atom. The van der Waals surface area contributed by atoms with Crippen LogP contribution in [0.1, 0.15) is 90.6 Å². The number of carboxylic acid groups (broad SMARTS) is 1. The van der Waals surface area contributed by atoms with Crippen LogP contribution in [0.5, 0.6) is 0 Å². The average Bonchev–Trinajstić information content (AvgIpc) is 3.43. The largest absolute Gasteiger partial charge is 0.465 e. The van der Waals surface area contributed by atoms with Crippen LogP contribution in [0.2, 0.25) is 0 Å². The summed E-state index contributed by atoms with van der Waals surface area (Å²) in [5.74, 6) is -1.07. The van der Waals surface area contributed by atoms with Gasteiger partial charge in [-0.25, -0.2) is 18.0 Å². The van der Waals surface area contributed by atoms with Gasteiger partial charge in [0.25, 0.3) is 0 Å². The highest BCUT2D eigenvalue weighted by Gasteiger charge is 2.32. The van der Waals surface area contributed by atoms with Crippen LogP contribution in [0.15, 0.2) is 15.4 Å². The number of amides is 4. The second-order valence-corrected chi connectivity index (χ2v) is 16.4. The molecule has 0 bridgehead atoms. The van der Waals surface area contributed by atoms with E-state index in [-0.39, 0.29) is 41.7 Å². The summed E-state index contributed by atoms with van der Waals surface area (Å²) in [7, 11) is -4.19. The van der Waals surface area contributed by atoms with E-state index in [2.05, 4.69) is 15.4 Å². The molecule has 1 aromatic rings.